The van der Waals surface area contributed by atoms with Crippen LogP contribution in [0.15, 0.2) is 22.7 Å². The molecule has 0 bridgehead atoms. The van der Waals surface area contributed by atoms with E-state index in [0.717, 1.165) is 28.8 Å². The monoisotopic (exact) mass is 316 g/mol. The highest BCUT2D eigenvalue weighted by atomic mass is 79.9. The van der Waals surface area contributed by atoms with E-state index in [1.807, 2.05) is 18.2 Å². The van der Waals surface area contributed by atoms with Crippen molar-refractivity contribution in [2.24, 2.45) is 0 Å². The Balaban J connectivity index is 2.25. The summed E-state index contributed by atoms with van der Waals surface area (Å²) in [4.78, 5) is 10.3. The number of unbranched alkanes of at least 4 members (excludes halogenated alkanes) is 2. The fourth-order valence-electron chi connectivity index (χ4n) is 1.46. The van der Waals surface area contributed by atoms with Crippen molar-refractivity contribution in [2.45, 2.75) is 25.7 Å². The van der Waals surface area contributed by atoms with Gasteiger partial charge in [0, 0.05) is 6.42 Å². The summed E-state index contributed by atoms with van der Waals surface area (Å²) in [6.07, 6.45) is 2.64. The summed E-state index contributed by atoms with van der Waals surface area (Å²) in [5.41, 5.74) is 0. The first kappa shape index (κ1) is 14.8. The number of hydrogen-bond acceptors (Lipinski definition) is 3. The van der Waals surface area contributed by atoms with Gasteiger partial charge in [0.1, 0.15) is 11.5 Å². The standard InChI is InChI=1S/C13H17BrO4/c1-17-10-6-7-12(11(14)9-10)18-8-4-2-3-5-13(15)16/h6-7,9H,2-5,8H2,1H3,(H,15,16). The van der Waals surface area contributed by atoms with Gasteiger partial charge in [0.05, 0.1) is 18.2 Å². The van der Waals surface area contributed by atoms with Crippen LogP contribution in [0.3, 0.4) is 0 Å². The SMILES string of the molecule is COc1ccc(OCCCCCC(=O)O)c(Br)c1. The largest absolute Gasteiger partial charge is 0.497 e. The van der Waals surface area contributed by atoms with E-state index < -0.39 is 5.97 Å². The number of methoxy groups -OCH3 is 1. The number of carboxylic acid groups (broad SMARTS) is 1. The number of carbonyl (C=O) groups is 1. The van der Waals surface area contributed by atoms with Gasteiger partial charge in [-0.15, -0.1) is 0 Å². The lowest BCUT2D eigenvalue weighted by Gasteiger charge is -2.09. The highest BCUT2D eigenvalue weighted by Crippen LogP contribution is 2.29. The molecule has 100 valence electrons. The van der Waals surface area contributed by atoms with Crippen molar-refractivity contribution >= 4 is 21.9 Å². The van der Waals surface area contributed by atoms with Crippen molar-refractivity contribution in [2.75, 3.05) is 13.7 Å². The lowest BCUT2D eigenvalue weighted by molar-refractivity contribution is -0.137. The van der Waals surface area contributed by atoms with Crippen LogP contribution in [0, 0.1) is 0 Å². The molecule has 0 aliphatic carbocycles. The van der Waals surface area contributed by atoms with Crippen LogP contribution in [-0.4, -0.2) is 24.8 Å². The number of hydrogen-bond donors (Lipinski definition) is 1. The Kier molecular flexibility index (Phi) is 6.57. The van der Waals surface area contributed by atoms with E-state index in [1.54, 1.807) is 7.11 Å². The second kappa shape index (κ2) is 7.97. The molecule has 0 heterocycles. The van der Waals surface area contributed by atoms with Crippen molar-refractivity contribution in [3.05, 3.63) is 22.7 Å². The minimum atomic E-state index is -0.742. The third-order valence-electron chi connectivity index (χ3n) is 2.43. The molecular weight excluding hydrogens is 300 g/mol. The van der Waals surface area contributed by atoms with E-state index >= 15 is 0 Å². The molecule has 0 saturated carbocycles. The lowest BCUT2D eigenvalue weighted by Crippen LogP contribution is -1.99. The zero-order valence-electron chi connectivity index (χ0n) is 10.3. The summed E-state index contributed by atoms with van der Waals surface area (Å²) in [5, 5.41) is 8.48. The van der Waals surface area contributed by atoms with Gasteiger partial charge in [-0.1, -0.05) is 0 Å². The fraction of sp³-hybridized carbons (Fsp3) is 0.462. The number of rotatable bonds is 8. The molecule has 0 fully saturated rings. The van der Waals surface area contributed by atoms with Crippen LogP contribution in [-0.2, 0) is 4.79 Å². The van der Waals surface area contributed by atoms with Gasteiger partial charge >= 0.3 is 5.97 Å². The van der Waals surface area contributed by atoms with E-state index in [2.05, 4.69) is 15.9 Å². The summed E-state index contributed by atoms with van der Waals surface area (Å²) in [6, 6.07) is 5.53. The van der Waals surface area contributed by atoms with Gasteiger partial charge in [-0.05, 0) is 53.4 Å². The highest BCUT2D eigenvalue weighted by molar-refractivity contribution is 9.10. The first-order chi connectivity index (χ1) is 8.63. The lowest BCUT2D eigenvalue weighted by atomic mass is 10.2. The number of halogens is 1. The Morgan fingerprint density at radius 3 is 2.72 bits per heavy atom. The number of ether oxygens (including phenoxy) is 2. The molecule has 0 aromatic heterocycles. The van der Waals surface area contributed by atoms with Crippen LogP contribution in [0.5, 0.6) is 11.5 Å². The molecule has 0 saturated heterocycles. The van der Waals surface area contributed by atoms with Gasteiger partial charge in [0.2, 0.25) is 0 Å². The summed E-state index contributed by atoms with van der Waals surface area (Å²) >= 11 is 3.41. The summed E-state index contributed by atoms with van der Waals surface area (Å²) in [5.74, 6) is 0.804. The Morgan fingerprint density at radius 2 is 2.11 bits per heavy atom. The molecular formula is C13H17BrO4. The highest BCUT2D eigenvalue weighted by Gasteiger charge is 2.03. The van der Waals surface area contributed by atoms with Crippen LogP contribution in [0.1, 0.15) is 25.7 Å². The molecule has 0 aliphatic rings. The quantitative estimate of drug-likeness (QED) is 0.746. The van der Waals surface area contributed by atoms with Crippen LogP contribution in [0.2, 0.25) is 0 Å². The molecule has 18 heavy (non-hydrogen) atoms. The van der Waals surface area contributed by atoms with E-state index in [0.29, 0.717) is 13.0 Å². The van der Waals surface area contributed by atoms with Gasteiger partial charge in [0.15, 0.2) is 0 Å². The van der Waals surface area contributed by atoms with Crippen molar-refractivity contribution in [3.8, 4) is 11.5 Å². The molecule has 0 aliphatic heterocycles. The van der Waals surface area contributed by atoms with Gasteiger partial charge in [-0.25, -0.2) is 0 Å². The van der Waals surface area contributed by atoms with Gasteiger partial charge in [0.25, 0.3) is 0 Å². The van der Waals surface area contributed by atoms with Gasteiger partial charge in [-0.2, -0.15) is 0 Å². The number of carboxylic acids is 1. The van der Waals surface area contributed by atoms with Crippen molar-refractivity contribution in [1.82, 2.24) is 0 Å². The molecule has 0 amide bonds. The average Bonchev–Trinajstić information content (AvgIpc) is 2.34. The Morgan fingerprint density at radius 1 is 1.33 bits per heavy atom. The summed E-state index contributed by atoms with van der Waals surface area (Å²) in [6.45, 7) is 0.588. The second-order valence-electron chi connectivity index (χ2n) is 3.85. The maximum atomic E-state index is 10.3. The maximum Gasteiger partial charge on any atom is 0.303 e. The molecule has 1 aromatic rings. The third-order valence-corrected chi connectivity index (χ3v) is 3.05. The molecule has 1 aromatic carbocycles. The molecule has 1 N–H and O–H groups in total. The summed E-state index contributed by atoms with van der Waals surface area (Å²) < 4.78 is 11.5. The first-order valence-corrected chi connectivity index (χ1v) is 6.61. The topological polar surface area (TPSA) is 55.8 Å². The molecule has 4 nitrogen and oxygen atoms in total. The predicted molar refractivity (Wildman–Crippen MR) is 72.3 cm³/mol. The molecule has 0 spiro atoms. The predicted octanol–water partition coefficient (Wildman–Crippen LogP) is 3.48. The van der Waals surface area contributed by atoms with E-state index in [-0.39, 0.29) is 6.42 Å². The van der Waals surface area contributed by atoms with E-state index in [4.69, 9.17) is 14.6 Å². The number of benzene rings is 1. The van der Waals surface area contributed by atoms with E-state index in [1.165, 1.54) is 0 Å². The third kappa shape index (κ3) is 5.40. The fourth-order valence-corrected chi connectivity index (χ4v) is 1.94. The van der Waals surface area contributed by atoms with Crippen LogP contribution >= 0.6 is 15.9 Å². The smallest absolute Gasteiger partial charge is 0.303 e. The normalized spacial score (nSPS) is 10.1. The van der Waals surface area contributed by atoms with Crippen LogP contribution in [0.4, 0.5) is 0 Å². The Hall–Kier alpha value is -1.23. The second-order valence-corrected chi connectivity index (χ2v) is 4.70. The zero-order chi connectivity index (χ0) is 13.4. The van der Waals surface area contributed by atoms with Crippen molar-refractivity contribution in [1.29, 1.82) is 0 Å². The van der Waals surface area contributed by atoms with Crippen molar-refractivity contribution < 1.29 is 19.4 Å². The van der Waals surface area contributed by atoms with Crippen LogP contribution < -0.4 is 9.47 Å². The molecule has 0 atom stereocenters. The molecule has 0 unspecified atom stereocenters. The molecule has 0 radical (unpaired) electrons. The Bertz CT molecular complexity index is 393. The van der Waals surface area contributed by atoms with E-state index in [9.17, 15) is 4.79 Å². The summed E-state index contributed by atoms with van der Waals surface area (Å²) in [7, 11) is 1.62. The Labute approximate surface area is 115 Å². The minimum absolute atomic E-state index is 0.228. The zero-order valence-corrected chi connectivity index (χ0v) is 11.9. The first-order valence-electron chi connectivity index (χ1n) is 5.81. The van der Waals surface area contributed by atoms with Gasteiger partial charge < -0.3 is 14.6 Å². The van der Waals surface area contributed by atoms with Crippen LogP contribution in [0.25, 0.3) is 0 Å². The molecule has 1 rings (SSSR count). The van der Waals surface area contributed by atoms with Crippen molar-refractivity contribution in [3.63, 3.8) is 0 Å². The number of aliphatic carboxylic acids is 1. The minimum Gasteiger partial charge on any atom is -0.497 e. The van der Waals surface area contributed by atoms with Gasteiger partial charge in [-0.3, -0.25) is 4.79 Å². The average molecular weight is 317 g/mol. The molecule has 5 heteroatoms. The maximum absolute atomic E-state index is 10.3.